The Bertz CT molecular complexity index is 753. The Morgan fingerprint density at radius 1 is 1.19 bits per heavy atom. The first-order valence-electron chi connectivity index (χ1n) is 5.71. The minimum atomic E-state index is -0.209. The number of ether oxygens (including phenoxy) is 1. The van der Waals surface area contributed by atoms with E-state index >= 15 is 0 Å². The van der Waals surface area contributed by atoms with Crippen LogP contribution in [0, 0.1) is 0 Å². The molecule has 0 radical (unpaired) electrons. The lowest BCUT2D eigenvalue weighted by Gasteiger charge is -2.19. The summed E-state index contributed by atoms with van der Waals surface area (Å²) in [6.07, 6.45) is 0. The molecule has 2 aromatic rings. The maximum atomic E-state index is 12.6. The van der Waals surface area contributed by atoms with Gasteiger partial charge >= 0.3 is 0 Å². The van der Waals surface area contributed by atoms with Gasteiger partial charge in [-0.1, -0.05) is 0 Å². The maximum Gasteiger partial charge on any atom is 0.262 e. The molecule has 1 aliphatic rings. The van der Waals surface area contributed by atoms with E-state index in [9.17, 15) is 9.59 Å². The molecular weight excluding hydrogens is 490 g/mol. The molecule has 3 rings (SSSR count). The van der Waals surface area contributed by atoms with Gasteiger partial charge in [-0.25, -0.2) is 0 Å². The molecule has 0 bridgehead atoms. The number of ketones is 1. The summed E-state index contributed by atoms with van der Waals surface area (Å²) in [6.45, 7) is -0.0433. The highest BCUT2D eigenvalue weighted by Gasteiger charge is 2.22. The van der Waals surface area contributed by atoms with Crippen molar-refractivity contribution in [3.8, 4) is 5.75 Å². The third-order valence-corrected chi connectivity index (χ3v) is 6.73. The molecule has 21 heavy (non-hydrogen) atoms. The topological polar surface area (TPSA) is 55.4 Å². The molecule has 2 heterocycles. The molecule has 0 saturated heterocycles. The number of amides is 1. The average molecular weight is 496 g/mol. The number of thiophene rings is 1. The Morgan fingerprint density at radius 3 is 2.62 bits per heavy atom. The van der Waals surface area contributed by atoms with Gasteiger partial charge in [0.25, 0.3) is 5.91 Å². The second-order valence-corrected chi connectivity index (χ2v) is 8.31. The summed E-state index contributed by atoms with van der Waals surface area (Å²) in [7, 11) is 0. The largest absolute Gasteiger partial charge is 0.482 e. The Morgan fingerprint density at radius 2 is 1.95 bits per heavy atom. The van der Waals surface area contributed by atoms with Crippen molar-refractivity contribution < 1.29 is 14.3 Å². The standard InChI is InChI=1S/C13H6Br3NO3S/c14-6-2-8-9(20-4-11(18)17-8)1-5(6)12(19)10-3-7(15)13(16)21-10/h1-3H,4H2,(H,17,18). The van der Waals surface area contributed by atoms with Gasteiger partial charge in [-0.05, 0) is 66.0 Å². The zero-order valence-electron chi connectivity index (χ0n) is 10.2. The van der Waals surface area contributed by atoms with E-state index in [1.165, 1.54) is 11.3 Å². The molecule has 0 unspecified atom stereocenters. The van der Waals surface area contributed by atoms with Crippen LogP contribution in [0.25, 0.3) is 0 Å². The Kier molecular flexibility index (Phi) is 4.22. The lowest BCUT2D eigenvalue weighted by atomic mass is 10.1. The molecule has 1 aliphatic heterocycles. The number of hydrogen-bond donors (Lipinski definition) is 1. The van der Waals surface area contributed by atoms with Gasteiger partial charge in [0.1, 0.15) is 5.75 Å². The number of hydrogen-bond acceptors (Lipinski definition) is 4. The Hall–Kier alpha value is -0.700. The number of carbonyl (C=O) groups is 2. The van der Waals surface area contributed by atoms with Crippen molar-refractivity contribution in [3.63, 3.8) is 0 Å². The molecule has 0 fully saturated rings. The van der Waals surface area contributed by atoms with Crippen LogP contribution in [-0.2, 0) is 4.79 Å². The Labute approximate surface area is 149 Å². The number of nitrogens with one attached hydrogen (secondary N) is 1. The maximum absolute atomic E-state index is 12.6. The highest BCUT2D eigenvalue weighted by atomic mass is 79.9. The van der Waals surface area contributed by atoms with Crippen molar-refractivity contribution in [3.05, 3.63) is 41.4 Å². The highest BCUT2D eigenvalue weighted by molar-refractivity contribution is 9.13. The molecule has 1 amide bonds. The number of halogens is 3. The van der Waals surface area contributed by atoms with Gasteiger partial charge in [-0.15, -0.1) is 11.3 Å². The number of anilines is 1. The van der Waals surface area contributed by atoms with Crippen LogP contribution >= 0.6 is 59.1 Å². The van der Waals surface area contributed by atoms with E-state index in [2.05, 4.69) is 53.1 Å². The van der Waals surface area contributed by atoms with Gasteiger partial charge in [0.15, 0.2) is 6.61 Å². The van der Waals surface area contributed by atoms with Crippen molar-refractivity contribution in [2.75, 3.05) is 11.9 Å². The van der Waals surface area contributed by atoms with Crippen molar-refractivity contribution in [2.45, 2.75) is 0 Å². The number of benzene rings is 1. The first kappa shape index (κ1) is 15.2. The van der Waals surface area contributed by atoms with Crippen LogP contribution in [0.1, 0.15) is 15.2 Å². The van der Waals surface area contributed by atoms with E-state index in [0.717, 1.165) is 8.26 Å². The van der Waals surface area contributed by atoms with E-state index < -0.39 is 0 Å². The van der Waals surface area contributed by atoms with Gasteiger partial charge in [0, 0.05) is 14.5 Å². The molecule has 0 aliphatic carbocycles. The van der Waals surface area contributed by atoms with Gasteiger partial charge in [-0.2, -0.15) is 0 Å². The third-order valence-electron chi connectivity index (χ3n) is 2.82. The third kappa shape index (κ3) is 2.94. The fourth-order valence-corrected chi connectivity index (χ4v) is 4.38. The van der Waals surface area contributed by atoms with Gasteiger partial charge in [0.2, 0.25) is 5.78 Å². The van der Waals surface area contributed by atoms with Crippen molar-refractivity contribution in [1.82, 2.24) is 0 Å². The lowest BCUT2D eigenvalue weighted by Crippen LogP contribution is -2.25. The summed E-state index contributed by atoms with van der Waals surface area (Å²) in [5.74, 6) is 0.178. The number of fused-ring (bicyclic) bond motifs is 1. The van der Waals surface area contributed by atoms with Gasteiger partial charge in [0.05, 0.1) is 14.4 Å². The van der Waals surface area contributed by atoms with Crippen LogP contribution < -0.4 is 10.1 Å². The quantitative estimate of drug-likeness (QED) is 0.620. The summed E-state index contributed by atoms with van der Waals surface area (Å²) < 4.78 is 7.66. The first-order chi connectivity index (χ1) is 9.95. The van der Waals surface area contributed by atoms with Crippen LogP contribution in [0.2, 0.25) is 0 Å². The molecule has 108 valence electrons. The van der Waals surface area contributed by atoms with Gasteiger partial charge in [-0.3, -0.25) is 9.59 Å². The molecule has 8 heteroatoms. The monoisotopic (exact) mass is 493 g/mol. The van der Waals surface area contributed by atoms with Crippen LogP contribution in [0.15, 0.2) is 30.9 Å². The predicted molar refractivity (Wildman–Crippen MR) is 91.4 cm³/mol. The fourth-order valence-electron chi connectivity index (χ4n) is 1.87. The summed E-state index contributed by atoms with van der Waals surface area (Å²) in [5.41, 5.74) is 1.05. The van der Waals surface area contributed by atoms with Crippen LogP contribution in [-0.4, -0.2) is 18.3 Å². The number of rotatable bonds is 2. The molecule has 0 spiro atoms. The van der Waals surface area contributed by atoms with Gasteiger partial charge < -0.3 is 10.1 Å². The minimum Gasteiger partial charge on any atom is -0.482 e. The molecule has 1 N–H and O–H groups in total. The summed E-state index contributed by atoms with van der Waals surface area (Å²) >= 11 is 11.5. The second-order valence-electron chi connectivity index (χ2n) is 4.23. The van der Waals surface area contributed by atoms with Crippen molar-refractivity contribution in [1.29, 1.82) is 0 Å². The fraction of sp³-hybridized carbons (Fsp3) is 0.0769. The second kappa shape index (κ2) is 5.83. The molecule has 0 saturated carbocycles. The number of carbonyl (C=O) groups excluding carboxylic acids is 2. The molecule has 1 aromatic carbocycles. The highest BCUT2D eigenvalue weighted by Crippen LogP contribution is 2.37. The van der Waals surface area contributed by atoms with E-state index in [4.69, 9.17) is 4.74 Å². The van der Waals surface area contributed by atoms with Crippen LogP contribution in [0.5, 0.6) is 5.75 Å². The van der Waals surface area contributed by atoms with Crippen LogP contribution in [0.3, 0.4) is 0 Å². The smallest absolute Gasteiger partial charge is 0.262 e. The zero-order valence-corrected chi connectivity index (χ0v) is 15.8. The summed E-state index contributed by atoms with van der Waals surface area (Å²) in [5, 5.41) is 2.70. The lowest BCUT2D eigenvalue weighted by molar-refractivity contribution is -0.118. The summed E-state index contributed by atoms with van der Waals surface area (Å²) in [4.78, 5) is 24.5. The first-order valence-corrected chi connectivity index (χ1v) is 8.91. The molecule has 1 aromatic heterocycles. The molecule has 4 nitrogen and oxygen atoms in total. The molecule has 0 atom stereocenters. The predicted octanol–water partition coefficient (Wildman–Crippen LogP) is 4.60. The van der Waals surface area contributed by atoms with E-state index in [-0.39, 0.29) is 18.3 Å². The summed E-state index contributed by atoms with van der Waals surface area (Å²) in [6, 6.07) is 5.09. The average Bonchev–Trinajstić information content (AvgIpc) is 2.77. The van der Waals surface area contributed by atoms with Crippen LogP contribution in [0.4, 0.5) is 5.69 Å². The van der Waals surface area contributed by atoms with E-state index in [1.807, 2.05) is 0 Å². The minimum absolute atomic E-state index is 0.0433. The molecular formula is C13H6Br3NO3S. The Balaban J connectivity index is 2.02. The van der Waals surface area contributed by atoms with Crippen molar-refractivity contribution >= 4 is 76.5 Å². The zero-order chi connectivity index (χ0) is 15.1. The van der Waals surface area contributed by atoms with Crippen molar-refractivity contribution in [2.24, 2.45) is 0 Å². The SMILES string of the molecule is O=C1COc2cc(C(=O)c3cc(Br)c(Br)s3)c(Br)cc2N1. The van der Waals surface area contributed by atoms with E-state index in [0.29, 0.717) is 26.4 Å². The normalized spacial score (nSPS) is 13.4. The van der Waals surface area contributed by atoms with E-state index in [1.54, 1.807) is 18.2 Å².